The van der Waals surface area contributed by atoms with E-state index < -0.39 is 15.4 Å². The quantitative estimate of drug-likeness (QED) is 0.661. The van der Waals surface area contributed by atoms with E-state index in [9.17, 15) is 18.0 Å². The number of nitrogens with zero attached hydrogens (tertiary/aromatic N) is 2. The van der Waals surface area contributed by atoms with Crippen LogP contribution in [0, 0.1) is 0 Å². The second kappa shape index (κ2) is 11.0. The van der Waals surface area contributed by atoms with E-state index >= 15 is 0 Å². The molecule has 1 aromatic rings. The minimum Gasteiger partial charge on any atom is -0.443 e. The molecule has 2 saturated carbocycles. The van der Waals surface area contributed by atoms with Crippen molar-refractivity contribution < 1.29 is 23.1 Å². The molecule has 10 heteroatoms. The van der Waals surface area contributed by atoms with E-state index in [4.69, 9.17) is 9.84 Å². The van der Waals surface area contributed by atoms with Crippen LogP contribution < -0.4 is 5.56 Å². The van der Waals surface area contributed by atoms with Gasteiger partial charge in [-0.1, -0.05) is 19.3 Å². The highest BCUT2D eigenvalue weighted by molar-refractivity contribution is 7.90. The van der Waals surface area contributed by atoms with Crippen molar-refractivity contribution >= 4 is 15.9 Å². The first-order valence-corrected chi connectivity index (χ1v) is 13.9. The first-order chi connectivity index (χ1) is 15.6. The number of aliphatic hydroxyl groups is 1. The van der Waals surface area contributed by atoms with E-state index in [-0.39, 0.29) is 22.8 Å². The number of aromatic amines is 1. The number of fused-ring (bicyclic) bond motifs is 2. The maximum atomic E-state index is 12.0. The fourth-order valence-electron chi connectivity index (χ4n) is 4.57. The fraction of sp³-hybridized carbons (Fsp3) is 0.783. The number of aromatic nitrogens is 2. The lowest BCUT2D eigenvalue weighted by molar-refractivity contribution is 0.0354. The fourth-order valence-corrected chi connectivity index (χ4v) is 5.09. The van der Waals surface area contributed by atoms with Crippen molar-refractivity contribution in [1.82, 2.24) is 14.9 Å². The standard InChI is InChI=1S/C12H19NO2.C6H12O.C5H6N2O3S/c1-12(7-8-12)15-11(14)13-9-3-2-4-10(13)6-5-9;7-6-4-2-1-3-5-6;1-11(9,10)5-3-6-4(8)2-7-5/h9-10H,2-8H2,1H3;6-7H,1-5H2;2-3H,1H3,(H,6,8). The predicted molar refractivity (Wildman–Crippen MR) is 124 cm³/mol. The number of hydrogen-bond donors (Lipinski definition) is 2. The summed E-state index contributed by atoms with van der Waals surface area (Å²) in [6.45, 7) is 2.04. The SMILES string of the molecule is CC1(OC(=O)N2C3CCCC2CC3)CC1.CS(=O)(=O)c1c[nH]c(=O)cn1.OC1CCCCC1. The second-order valence-electron chi connectivity index (χ2n) is 9.85. The van der Waals surface area contributed by atoms with Gasteiger partial charge in [0.25, 0.3) is 5.56 Å². The second-order valence-corrected chi connectivity index (χ2v) is 11.8. The molecular weight excluding hydrogens is 446 g/mol. The Kier molecular flexibility index (Phi) is 8.55. The topological polar surface area (TPSA) is 130 Å². The molecule has 2 aliphatic heterocycles. The van der Waals surface area contributed by atoms with Gasteiger partial charge < -0.3 is 19.7 Å². The molecule has 186 valence electrons. The zero-order valence-corrected chi connectivity index (χ0v) is 20.5. The number of carbonyl (C=O) groups excluding carboxylic acids is 1. The van der Waals surface area contributed by atoms with Gasteiger partial charge in [0.05, 0.1) is 12.3 Å². The number of H-pyrrole nitrogens is 1. The largest absolute Gasteiger partial charge is 0.443 e. The van der Waals surface area contributed by atoms with Crippen LogP contribution in [-0.2, 0) is 14.6 Å². The minimum atomic E-state index is -3.30. The van der Waals surface area contributed by atoms with E-state index in [0.717, 1.165) is 44.3 Å². The molecule has 0 aromatic carbocycles. The van der Waals surface area contributed by atoms with E-state index in [2.05, 4.69) is 9.97 Å². The lowest BCUT2D eigenvalue weighted by Gasteiger charge is -2.34. The molecule has 0 spiro atoms. The zero-order valence-electron chi connectivity index (χ0n) is 19.7. The van der Waals surface area contributed by atoms with Gasteiger partial charge in [-0.25, -0.2) is 18.2 Å². The van der Waals surface area contributed by atoms with E-state index in [1.807, 2.05) is 11.8 Å². The summed E-state index contributed by atoms with van der Waals surface area (Å²) in [6.07, 6.45) is 17.0. The third-order valence-electron chi connectivity index (χ3n) is 6.79. The Morgan fingerprint density at radius 3 is 2.12 bits per heavy atom. The van der Waals surface area contributed by atoms with Crippen molar-refractivity contribution in [2.45, 2.75) is 113 Å². The number of nitrogens with one attached hydrogen (secondary N) is 1. The molecule has 1 aromatic heterocycles. The van der Waals surface area contributed by atoms with Crippen LogP contribution in [0.25, 0.3) is 0 Å². The van der Waals surface area contributed by atoms with Gasteiger partial charge in [0.2, 0.25) is 0 Å². The van der Waals surface area contributed by atoms with Gasteiger partial charge in [0, 0.05) is 24.5 Å². The number of piperidine rings is 1. The molecule has 0 radical (unpaired) electrons. The smallest absolute Gasteiger partial charge is 0.410 e. The lowest BCUT2D eigenvalue weighted by atomic mass is 9.98. The highest BCUT2D eigenvalue weighted by atomic mass is 32.2. The molecule has 33 heavy (non-hydrogen) atoms. The summed E-state index contributed by atoms with van der Waals surface area (Å²) in [4.78, 5) is 30.1. The monoisotopic (exact) mass is 483 g/mol. The maximum absolute atomic E-state index is 12.0. The molecule has 9 nitrogen and oxygen atoms in total. The normalized spacial score (nSPS) is 25.7. The van der Waals surface area contributed by atoms with E-state index in [1.165, 1.54) is 51.4 Å². The van der Waals surface area contributed by atoms with Crippen LogP contribution >= 0.6 is 0 Å². The number of rotatable bonds is 2. The van der Waals surface area contributed by atoms with Gasteiger partial charge in [0.15, 0.2) is 14.9 Å². The van der Waals surface area contributed by atoms with Crippen LogP contribution in [-0.4, -0.2) is 64.5 Å². The average molecular weight is 484 g/mol. The molecule has 2 aliphatic carbocycles. The third-order valence-corrected chi connectivity index (χ3v) is 7.78. The van der Waals surface area contributed by atoms with Crippen molar-refractivity contribution in [3.63, 3.8) is 0 Å². The first kappa shape index (κ1) is 25.7. The van der Waals surface area contributed by atoms with Crippen LogP contribution in [0.4, 0.5) is 4.79 Å². The average Bonchev–Trinajstić information content (AvgIpc) is 3.43. The summed E-state index contributed by atoms with van der Waals surface area (Å²) in [6, 6.07) is 0.970. The number of carbonyl (C=O) groups is 1. The van der Waals surface area contributed by atoms with Crippen LogP contribution in [0.15, 0.2) is 22.2 Å². The molecule has 5 rings (SSSR count). The Labute approximate surface area is 195 Å². The Hall–Kier alpha value is -1.94. The Balaban J connectivity index is 0.000000150. The summed E-state index contributed by atoms with van der Waals surface area (Å²) < 4.78 is 27.1. The summed E-state index contributed by atoms with van der Waals surface area (Å²) in [5.74, 6) is 0. The van der Waals surface area contributed by atoms with Gasteiger partial charge in [-0.3, -0.25) is 4.79 Å². The van der Waals surface area contributed by atoms with Gasteiger partial charge >= 0.3 is 6.09 Å². The van der Waals surface area contributed by atoms with Gasteiger partial charge in [0.1, 0.15) is 5.60 Å². The summed E-state index contributed by atoms with van der Waals surface area (Å²) in [5.41, 5.74) is -0.536. The number of amides is 1. The molecule has 3 heterocycles. The van der Waals surface area contributed by atoms with Crippen LogP contribution in [0.5, 0.6) is 0 Å². The highest BCUT2D eigenvalue weighted by Crippen LogP contribution is 2.42. The van der Waals surface area contributed by atoms with Crippen molar-refractivity contribution in [2.75, 3.05) is 6.26 Å². The van der Waals surface area contributed by atoms with Crippen LogP contribution in [0.3, 0.4) is 0 Å². The molecule has 2 atom stereocenters. The van der Waals surface area contributed by atoms with Gasteiger partial charge in [-0.15, -0.1) is 0 Å². The Morgan fingerprint density at radius 2 is 1.70 bits per heavy atom. The van der Waals surface area contributed by atoms with E-state index in [1.54, 1.807) is 0 Å². The van der Waals surface area contributed by atoms with Crippen LogP contribution in [0.1, 0.15) is 84.0 Å². The van der Waals surface area contributed by atoms with Gasteiger partial charge in [-0.05, 0) is 64.7 Å². The summed E-state index contributed by atoms with van der Waals surface area (Å²) in [7, 11) is -3.30. The highest BCUT2D eigenvalue weighted by Gasteiger charge is 2.46. The van der Waals surface area contributed by atoms with E-state index in [0.29, 0.717) is 12.1 Å². The zero-order chi connectivity index (χ0) is 24.1. The van der Waals surface area contributed by atoms with Crippen molar-refractivity contribution in [1.29, 1.82) is 0 Å². The number of hydrogen-bond acceptors (Lipinski definition) is 7. The van der Waals surface area contributed by atoms with Crippen molar-refractivity contribution in [2.24, 2.45) is 0 Å². The Morgan fingerprint density at radius 1 is 1.09 bits per heavy atom. The lowest BCUT2D eigenvalue weighted by Crippen LogP contribution is -2.45. The molecule has 4 aliphatic rings. The third kappa shape index (κ3) is 7.81. The van der Waals surface area contributed by atoms with Crippen LogP contribution in [0.2, 0.25) is 0 Å². The first-order valence-electron chi connectivity index (χ1n) is 12.0. The minimum absolute atomic E-state index is 0.0359. The predicted octanol–water partition coefficient (Wildman–Crippen LogP) is 3.18. The van der Waals surface area contributed by atoms with Crippen molar-refractivity contribution in [3.05, 3.63) is 22.7 Å². The molecule has 1 amide bonds. The molecule has 2 unspecified atom stereocenters. The maximum Gasteiger partial charge on any atom is 0.410 e. The number of sulfone groups is 1. The molecule has 4 fully saturated rings. The number of ether oxygens (including phenoxy) is 1. The molecular formula is C23H37N3O6S. The summed E-state index contributed by atoms with van der Waals surface area (Å²) in [5, 5.41) is 8.78. The van der Waals surface area contributed by atoms with Gasteiger partial charge in [-0.2, -0.15) is 0 Å². The molecule has 2 bridgehead atoms. The van der Waals surface area contributed by atoms with Crippen molar-refractivity contribution in [3.8, 4) is 0 Å². The molecule has 2 N–H and O–H groups in total. The number of aliphatic hydroxyl groups excluding tert-OH is 1. The Bertz CT molecular complexity index is 917. The summed E-state index contributed by atoms with van der Waals surface area (Å²) >= 11 is 0. The molecule has 2 saturated heterocycles.